The molecule has 0 aliphatic rings. The molecule has 0 aromatic heterocycles. The van der Waals surface area contributed by atoms with E-state index in [1.165, 1.54) is 33.4 Å². The third-order valence-electron chi connectivity index (χ3n) is 3.90. The number of hydrogen-bond donors (Lipinski definition) is 2. The fraction of sp³-hybridized carbons (Fsp3) is 0.294. The minimum Gasteiger partial charge on any atom is -0.271 e. The van der Waals surface area contributed by atoms with Crippen LogP contribution in [-0.4, -0.2) is 0 Å². The van der Waals surface area contributed by atoms with Gasteiger partial charge in [-0.1, -0.05) is 34.1 Å². The molecule has 20 heavy (non-hydrogen) atoms. The first-order valence-electron chi connectivity index (χ1n) is 6.74. The topological polar surface area (TPSA) is 38.0 Å². The van der Waals surface area contributed by atoms with Gasteiger partial charge < -0.3 is 0 Å². The lowest BCUT2D eigenvalue weighted by Crippen LogP contribution is -2.30. The summed E-state index contributed by atoms with van der Waals surface area (Å²) in [5.74, 6) is 5.84. The van der Waals surface area contributed by atoms with Gasteiger partial charge in [-0.05, 0) is 73.2 Å². The van der Waals surface area contributed by atoms with E-state index in [1.807, 2.05) is 0 Å². The lowest BCUT2D eigenvalue weighted by molar-refractivity contribution is 0.630. The van der Waals surface area contributed by atoms with Gasteiger partial charge in [0.25, 0.3) is 0 Å². The van der Waals surface area contributed by atoms with Gasteiger partial charge in [-0.2, -0.15) is 0 Å². The number of hydrazine groups is 1. The van der Waals surface area contributed by atoms with Gasteiger partial charge in [-0.3, -0.25) is 5.84 Å². The highest BCUT2D eigenvalue weighted by molar-refractivity contribution is 9.10. The van der Waals surface area contributed by atoms with E-state index in [9.17, 15) is 0 Å². The van der Waals surface area contributed by atoms with Crippen LogP contribution in [0.4, 0.5) is 0 Å². The molecule has 3 N–H and O–H groups in total. The standard InChI is InChI=1S/C17H21BrN2/c1-10-7-12(3)16(9-11(10)2)17(20-19)15-6-5-14(18)8-13(15)4/h5-9,17,20H,19H2,1-4H3. The van der Waals surface area contributed by atoms with E-state index in [0.717, 1.165) is 4.47 Å². The second-order valence-electron chi connectivity index (χ2n) is 5.39. The molecule has 106 valence electrons. The maximum atomic E-state index is 5.84. The van der Waals surface area contributed by atoms with Gasteiger partial charge in [0.05, 0.1) is 6.04 Å². The Morgan fingerprint density at radius 2 is 1.45 bits per heavy atom. The molecule has 0 heterocycles. The summed E-state index contributed by atoms with van der Waals surface area (Å²) >= 11 is 3.51. The highest BCUT2D eigenvalue weighted by Crippen LogP contribution is 2.29. The number of halogens is 1. The highest BCUT2D eigenvalue weighted by atomic mass is 79.9. The van der Waals surface area contributed by atoms with Crippen LogP contribution in [0.2, 0.25) is 0 Å². The zero-order valence-electron chi connectivity index (χ0n) is 12.4. The van der Waals surface area contributed by atoms with E-state index in [0.29, 0.717) is 0 Å². The zero-order valence-corrected chi connectivity index (χ0v) is 14.0. The van der Waals surface area contributed by atoms with Crippen LogP contribution < -0.4 is 11.3 Å². The zero-order chi connectivity index (χ0) is 14.9. The molecule has 0 aliphatic heterocycles. The van der Waals surface area contributed by atoms with Crippen LogP contribution in [0.1, 0.15) is 39.4 Å². The van der Waals surface area contributed by atoms with Gasteiger partial charge in [0, 0.05) is 4.47 Å². The third-order valence-corrected chi connectivity index (χ3v) is 4.40. The van der Waals surface area contributed by atoms with Crippen LogP contribution in [0.5, 0.6) is 0 Å². The van der Waals surface area contributed by atoms with E-state index in [-0.39, 0.29) is 6.04 Å². The number of nitrogens with one attached hydrogen (secondary N) is 1. The quantitative estimate of drug-likeness (QED) is 0.651. The van der Waals surface area contributed by atoms with Crippen molar-refractivity contribution in [3.05, 3.63) is 68.2 Å². The van der Waals surface area contributed by atoms with Gasteiger partial charge in [-0.15, -0.1) is 0 Å². The van der Waals surface area contributed by atoms with Crippen molar-refractivity contribution in [2.24, 2.45) is 5.84 Å². The minimum absolute atomic E-state index is 0.0161. The summed E-state index contributed by atoms with van der Waals surface area (Å²) in [5, 5.41) is 0. The van der Waals surface area contributed by atoms with E-state index in [4.69, 9.17) is 5.84 Å². The van der Waals surface area contributed by atoms with E-state index in [2.05, 4.69) is 79.4 Å². The molecular weight excluding hydrogens is 312 g/mol. The maximum absolute atomic E-state index is 5.84. The fourth-order valence-electron chi connectivity index (χ4n) is 2.60. The Morgan fingerprint density at radius 1 is 0.850 bits per heavy atom. The number of nitrogens with two attached hydrogens (primary N) is 1. The smallest absolute Gasteiger partial charge is 0.0715 e. The first-order valence-corrected chi connectivity index (χ1v) is 7.53. The van der Waals surface area contributed by atoms with Crippen LogP contribution in [0.3, 0.4) is 0 Å². The predicted molar refractivity (Wildman–Crippen MR) is 88.7 cm³/mol. The molecule has 0 saturated carbocycles. The normalized spacial score (nSPS) is 12.5. The largest absolute Gasteiger partial charge is 0.271 e. The lowest BCUT2D eigenvalue weighted by atomic mass is 9.90. The van der Waals surface area contributed by atoms with Crippen molar-refractivity contribution in [3.63, 3.8) is 0 Å². The lowest BCUT2D eigenvalue weighted by Gasteiger charge is -2.22. The van der Waals surface area contributed by atoms with E-state index < -0.39 is 0 Å². The molecule has 1 unspecified atom stereocenters. The van der Waals surface area contributed by atoms with E-state index in [1.54, 1.807) is 0 Å². The average molecular weight is 333 g/mol. The molecule has 3 heteroatoms. The molecule has 0 fully saturated rings. The molecule has 0 amide bonds. The van der Waals surface area contributed by atoms with Crippen LogP contribution in [0, 0.1) is 27.7 Å². The SMILES string of the molecule is Cc1cc(C)c(C(NN)c2ccc(Br)cc2C)cc1C. The Labute approximate surface area is 129 Å². The van der Waals surface area contributed by atoms with Crippen molar-refractivity contribution in [3.8, 4) is 0 Å². The van der Waals surface area contributed by atoms with Gasteiger partial charge in [0.15, 0.2) is 0 Å². The fourth-order valence-corrected chi connectivity index (χ4v) is 3.08. The molecule has 0 bridgehead atoms. The van der Waals surface area contributed by atoms with Crippen molar-refractivity contribution in [1.82, 2.24) is 5.43 Å². The van der Waals surface area contributed by atoms with Gasteiger partial charge in [0.2, 0.25) is 0 Å². The second kappa shape index (κ2) is 6.08. The summed E-state index contributed by atoms with van der Waals surface area (Å²) in [6.45, 7) is 8.53. The first-order chi connectivity index (χ1) is 9.43. The predicted octanol–water partition coefficient (Wildman–Crippen LogP) is 4.24. The van der Waals surface area contributed by atoms with Crippen LogP contribution >= 0.6 is 15.9 Å². The summed E-state index contributed by atoms with van der Waals surface area (Å²) < 4.78 is 1.09. The van der Waals surface area contributed by atoms with E-state index >= 15 is 0 Å². The molecular formula is C17H21BrN2. The highest BCUT2D eigenvalue weighted by Gasteiger charge is 2.17. The Bertz CT molecular complexity index is 635. The summed E-state index contributed by atoms with van der Waals surface area (Å²) in [6.07, 6.45) is 0. The monoisotopic (exact) mass is 332 g/mol. The van der Waals surface area contributed by atoms with Crippen LogP contribution in [0.15, 0.2) is 34.8 Å². The molecule has 0 radical (unpaired) electrons. The van der Waals surface area contributed by atoms with Gasteiger partial charge in [0.1, 0.15) is 0 Å². The number of hydrogen-bond acceptors (Lipinski definition) is 2. The summed E-state index contributed by atoms with van der Waals surface area (Å²) in [4.78, 5) is 0. The van der Waals surface area contributed by atoms with Crippen molar-refractivity contribution in [2.75, 3.05) is 0 Å². The number of rotatable bonds is 3. The Morgan fingerprint density at radius 3 is 2.05 bits per heavy atom. The molecule has 0 spiro atoms. The molecule has 2 aromatic carbocycles. The molecule has 2 rings (SSSR count). The summed E-state index contributed by atoms with van der Waals surface area (Å²) in [5.41, 5.74) is 10.5. The van der Waals surface area contributed by atoms with Crippen molar-refractivity contribution in [2.45, 2.75) is 33.7 Å². The molecule has 0 aliphatic carbocycles. The van der Waals surface area contributed by atoms with Gasteiger partial charge >= 0.3 is 0 Å². The number of benzene rings is 2. The summed E-state index contributed by atoms with van der Waals surface area (Å²) in [7, 11) is 0. The molecule has 2 aromatic rings. The van der Waals surface area contributed by atoms with Crippen molar-refractivity contribution < 1.29 is 0 Å². The third kappa shape index (κ3) is 2.95. The summed E-state index contributed by atoms with van der Waals surface area (Å²) in [6, 6.07) is 10.8. The van der Waals surface area contributed by atoms with Crippen LogP contribution in [-0.2, 0) is 0 Å². The second-order valence-corrected chi connectivity index (χ2v) is 6.31. The Balaban J connectivity index is 2.55. The first kappa shape index (κ1) is 15.2. The van der Waals surface area contributed by atoms with Crippen molar-refractivity contribution >= 4 is 15.9 Å². The van der Waals surface area contributed by atoms with Crippen LogP contribution in [0.25, 0.3) is 0 Å². The molecule has 2 nitrogen and oxygen atoms in total. The maximum Gasteiger partial charge on any atom is 0.0715 e. The Hall–Kier alpha value is -1.16. The minimum atomic E-state index is 0.0161. The van der Waals surface area contributed by atoms with Gasteiger partial charge in [-0.25, -0.2) is 5.43 Å². The average Bonchev–Trinajstić information content (AvgIpc) is 2.38. The van der Waals surface area contributed by atoms with Crippen molar-refractivity contribution in [1.29, 1.82) is 0 Å². The molecule has 1 atom stereocenters. The Kier molecular flexibility index (Phi) is 4.63. The number of aryl methyl sites for hydroxylation is 4. The molecule has 0 saturated heterocycles.